The first-order valence-electron chi connectivity index (χ1n) is 8.35. The number of morpholine rings is 1. The third-order valence-electron chi connectivity index (χ3n) is 4.99. The molecule has 0 saturated carbocycles. The zero-order valence-corrected chi connectivity index (χ0v) is 14.0. The van der Waals surface area contributed by atoms with Gasteiger partial charge in [-0.2, -0.15) is 0 Å². The quantitative estimate of drug-likeness (QED) is 0.818. The van der Waals surface area contributed by atoms with E-state index in [0.717, 1.165) is 30.6 Å². The summed E-state index contributed by atoms with van der Waals surface area (Å²) in [4.78, 5) is 29.1. The third kappa shape index (κ3) is 3.27. The maximum atomic E-state index is 12.7. The molecule has 1 aromatic heterocycles. The van der Waals surface area contributed by atoms with Gasteiger partial charge in [0.1, 0.15) is 0 Å². The molecule has 1 aromatic rings. The van der Waals surface area contributed by atoms with Crippen LogP contribution >= 0.6 is 0 Å². The van der Waals surface area contributed by atoms with Crippen LogP contribution in [0.2, 0.25) is 0 Å². The average molecular weight is 319 g/mol. The number of rotatable bonds is 2. The summed E-state index contributed by atoms with van der Waals surface area (Å²) in [6.07, 6.45) is 3.66. The molecule has 3 rings (SSSR count). The Hall–Kier alpha value is -1.82. The van der Waals surface area contributed by atoms with E-state index in [-0.39, 0.29) is 17.7 Å². The van der Waals surface area contributed by atoms with Crippen LogP contribution in [0.15, 0.2) is 12.3 Å². The fraction of sp³-hybridized carbons (Fsp3) is 0.647. The van der Waals surface area contributed by atoms with Crippen molar-refractivity contribution in [3.8, 4) is 0 Å². The van der Waals surface area contributed by atoms with Gasteiger partial charge in [0.25, 0.3) is 5.91 Å². The van der Waals surface area contributed by atoms with E-state index < -0.39 is 0 Å². The fourth-order valence-electron chi connectivity index (χ4n) is 3.41. The molecular weight excluding hydrogens is 294 g/mol. The Morgan fingerprint density at radius 3 is 2.57 bits per heavy atom. The lowest BCUT2D eigenvalue weighted by molar-refractivity contribution is -0.141. The second kappa shape index (κ2) is 6.74. The van der Waals surface area contributed by atoms with Gasteiger partial charge in [0.05, 0.1) is 24.7 Å². The van der Waals surface area contributed by atoms with Gasteiger partial charge < -0.3 is 19.1 Å². The standard InChI is InChI=1S/C17H25N3O3/c1-13-15(5-7-18(13)2)17(22)20-6-3-4-14(12-20)16(21)19-8-10-23-11-9-19/h5,7,14H,3-4,6,8-12H2,1-2H3/t14-/m1/s1. The average Bonchev–Trinajstić information content (AvgIpc) is 2.93. The van der Waals surface area contributed by atoms with Crippen LogP contribution in [0.5, 0.6) is 0 Å². The predicted molar refractivity (Wildman–Crippen MR) is 86.2 cm³/mol. The first-order chi connectivity index (χ1) is 11.1. The maximum Gasteiger partial charge on any atom is 0.255 e. The minimum atomic E-state index is -0.0742. The minimum Gasteiger partial charge on any atom is -0.378 e. The number of likely N-dealkylation sites (tertiary alicyclic amines) is 1. The largest absolute Gasteiger partial charge is 0.378 e. The van der Waals surface area contributed by atoms with Crippen LogP contribution in [-0.2, 0) is 16.6 Å². The first-order valence-corrected chi connectivity index (χ1v) is 8.35. The molecule has 0 N–H and O–H groups in total. The predicted octanol–water partition coefficient (Wildman–Crippen LogP) is 1.04. The number of amides is 2. The molecule has 0 radical (unpaired) electrons. The molecule has 0 unspecified atom stereocenters. The topological polar surface area (TPSA) is 54.8 Å². The minimum absolute atomic E-state index is 0.0441. The summed E-state index contributed by atoms with van der Waals surface area (Å²) in [7, 11) is 1.94. The Morgan fingerprint density at radius 1 is 1.17 bits per heavy atom. The van der Waals surface area contributed by atoms with Crippen molar-refractivity contribution in [2.24, 2.45) is 13.0 Å². The molecule has 2 saturated heterocycles. The number of aromatic nitrogens is 1. The van der Waals surface area contributed by atoms with Gasteiger partial charge in [-0.15, -0.1) is 0 Å². The van der Waals surface area contributed by atoms with E-state index in [1.54, 1.807) is 0 Å². The molecule has 2 aliphatic rings. The Labute approximate surface area is 137 Å². The highest BCUT2D eigenvalue weighted by Gasteiger charge is 2.32. The van der Waals surface area contributed by atoms with Crippen LogP contribution in [0.4, 0.5) is 0 Å². The summed E-state index contributed by atoms with van der Waals surface area (Å²) in [6, 6.07) is 1.87. The van der Waals surface area contributed by atoms with Gasteiger partial charge >= 0.3 is 0 Å². The molecule has 2 fully saturated rings. The Morgan fingerprint density at radius 2 is 1.91 bits per heavy atom. The summed E-state index contributed by atoms with van der Waals surface area (Å²) in [5, 5.41) is 0. The van der Waals surface area contributed by atoms with Gasteiger partial charge in [-0.1, -0.05) is 0 Å². The zero-order chi connectivity index (χ0) is 16.4. The molecule has 1 atom stereocenters. The van der Waals surface area contributed by atoms with Gasteiger partial charge in [0.15, 0.2) is 0 Å². The van der Waals surface area contributed by atoms with Crippen molar-refractivity contribution in [3.05, 3.63) is 23.5 Å². The molecule has 0 spiro atoms. The summed E-state index contributed by atoms with van der Waals surface area (Å²) in [6.45, 7) is 5.79. The maximum absolute atomic E-state index is 12.7. The highest BCUT2D eigenvalue weighted by Crippen LogP contribution is 2.22. The highest BCUT2D eigenvalue weighted by atomic mass is 16.5. The molecule has 126 valence electrons. The van der Waals surface area contributed by atoms with Crippen LogP contribution < -0.4 is 0 Å². The van der Waals surface area contributed by atoms with Gasteiger partial charge in [0.2, 0.25) is 5.91 Å². The number of carbonyl (C=O) groups is 2. The number of aryl methyl sites for hydroxylation is 1. The van der Waals surface area contributed by atoms with Crippen molar-refractivity contribution in [3.63, 3.8) is 0 Å². The second-order valence-electron chi connectivity index (χ2n) is 6.45. The van der Waals surface area contributed by atoms with Gasteiger partial charge in [-0.05, 0) is 25.8 Å². The number of hydrogen-bond donors (Lipinski definition) is 0. The summed E-state index contributed by atoms with van der Waals surface area (Å²) >= 11 is 0. The normalized spacial score (nSPS) is 22.3. The molecule has 0 bridgehead atoms. The number of ether oxygens (including phenoxy) is 1. The molecule has 0 aromatic carbocycles. The smallest absolute Gasteiger partial charge is 0.255 e. The molecule has 6 nitrogen and oxygen atoms in total. The van der Waals surface area contributed by atoms with E-state index >= 15 is 0 Å². The monoisotopic (exact) mass is 319 g/mol. The van der Waals surface area contributed by atoms with E-state index in [1.165, 1.54) is 0 Å². The number of piperidine rings is 1. The number of nitrogens with zero attached hydrogens (tertiary/aromatic N) is 3. The van der Waals surface area contributed by atoms with Crippen LogP contribution in [-0.4, -0.2) is 65.6 Å². The SMILES string of the molecule is Cc1c(C(=O)N2CCC[C@@H](C(=O)N3CCOCC3)C2)ccn1C. The zero-order valence-electron chi connectivity index (χ0n) is 14.0. The van der Waals surface area contributed by atoms with Crippen LogP contribution in [0.25, 0.3) is 0 Å². The summed E-state index contributed by atoms with van der Waals surface area (Å²) in [5.74, 6) is 0.146. The van der Waals surface area contributed by atoms with Crippen molar-refractivity contribution in [2.75, 3.05) is 39.4 Å². The van der Waals surface area contributed by atoms with Gasteiger partial charge in [-0.3, -0.25) is 9.59 Å². The van der Waals surface area contributed by atoms with Crippen LogP contribution in [0.1, 0.15) is 28.9 Å². The van der Waals surface area contributed by atoms with E-state index in [1.807, 2.05) is 40.6 Å². The van der Waals surface area contributed by atoms with Crippen molar-refractivity contribution >= 4 is 11.8 Å². The molecule has 2 amide bonds. The van der Waals surface area contributed by atoms with Gasteiger partial charge in [0, 0.05) is 45.1 Å². The van der Waals surface area contributed by atoms with E-state index in [2.05, 4.69) is 0 Å². The third-order valence-corrected chi connectivity index (χ3v) is 4.99. The lowest BCUT2D eigenvalue weighted by Crippen LogP contribution is -2.49. The highest BCUT2D eigenvalue weighted by molar-refractivity contribution is 5.96. The summed E-state index contributed by atoms with van der Waals surface area (Å²) < 4.78 is 7.26. The molecule has 23 heavy (non-hydrogen) atoms. The molecule has 0 aliphatic carbocycles. The Balaban J connectivity index is 1.67. The van der Waals surface area contributed by atoms with Crippen LogP contribution in [0, 0.1) is 12.8 Å². The Kier molecular flexibility index (Phi) is 4.71. The molecule has 6 heteroatoms. The number of carbonyl (C=O) groups excluding carboxylic acids is 2. The van der Waals surface area contributed by atoms with Crippen molar-refractivity contribution in [2.45, 2.75) is 19.8 Å². The molecule has 2 aliphatic heterocycles. The molecule has 3 heterocycles. The van der Waals surface area contributed by atoms with E-state index in [9.17, 15) is 9.59 Å². The van der Waals surface area contributed by atoms with E-state index in [4.69, 9.17) is 4.74 Å². The fourth-order valence-corrected chi connectivity index (χ4v) is 3.41. The van der Waals surface area contributed by atoms with Crippen molar-refractivity contribution < 1.29 is 14.3 Å². The Bertz CT molecular complexity index is 590. The lowest BCUT2D eigenvalue weighted by Gasteiger charge is -2.36. The first kappa shape index (κ1) is 16.1. The van der Waals surface area contributed by atoms with Gasteiger partial charge in [-0.25, -0.2) is 0 Å². The van der Waals surface area contributed by atoms with Crippen molar-refractivity contribution in [1.82, 2.24) is 14.4 Å². The van der Waals surface area contributed by atoms with E-state index in [0.29, 0.717) is 32.8 Å². The van der Waals surface area contributed by atoms with Crippen molar-refractivity contribution in [1.29, 1.82) is 0 Å². The molecular formula is C17H25N3O3. The lowest BCUT2D eigenvalue weighted by atomic mass is 9.95. The second-order valence-corrected chi connectivity index (χ2v) is 6.45. The van der Waals surface area contributed by atoms with Crippen LogP contribution in [0.3, 0.4) is 0 Å². The summed E-state index contributed by atoms with van der Waals surface area (Å²) in [5.41, 5.74) is 1.71. The number of hydrogen-bond acceptors (Lipinski definition) is 3.